The molecule has 0 radical (unpaired) electrons. The molecule has 2 aliphatic carbocycles. The number of phenols is 1. The SMILES string of the molecule is COc1cc([C@H]2C3=CC[C@@H]4C(=O)N(C(N)=O)C(=O)[C@@H]4[C@@H]3C[C@@]3(Cl)C(=O)N(CBr)C(=O)[C@@]23Cl)ccc1O. The smallest absolute Gasteiger partial charge is 0.328 e. The lowest BCUT2D eigenvalue weighted by molar-refractivity contribution is -0.139. The first-order valence-corrected chi connectivity index (χ1v) is 12.9. The van der Waals surface area contributed by atoms with Gasteiger partial charge in [0.15, 0.2) is 21.2 Å². The van der Waals surface area contributed by atoms with E-state index < -0.39 is 63.1 Å². The molecule has 2 aliphatic heterocycles. The number of methoxy groups -OCH3 is 1. The van der Waals surface area contributed by atoms with Crippen molar-refractivity contribution in [3.63, 3.8) is 0 Å². The zero-order valence-electron chi connectivity index (χ0n) is 18.7. The minimum Gasteiger partial charge on any atom is -0.504 e. The van der Waals surface area contributed by atoms with Crippen molar-refractivity contribution in [3.8, 4) is 11.5 Å². The van der Waals surface area contributed by atoms with Crippen LogP contribution in [0.3, 0.4) is 0 Å². The molecule has 1 aromatic carbocycles. The zero-order chi connectivity index (χ0) is 26.3. The van der Waals surface area contributed by atoms with Crippen molar-refractivity contribution < 1.29 is 33.8 Å². The molecule has 36 heavy (non-hydrogen) atoms. The summed E-state index contributed by atoms with van der Waals surface area (Å²) in [6.45, 7) is 0. The number of aromatic hydroxyl groups is 1. The standard InChI is InChI=1S/C23H20BrCl2N3O7/c1-36-14-6-9(2-5-13(14)30)16-10-3-4-11-15(18(32)29(17(11)31)21(27)35)12(10)7-22(25)19(33)28(8-24)20(34)23(16,22)26/h2-3,5-6,11-12,15-16,30H,4,7-8H2,1H3,(H2,27,35)/t11-,12+,15-,16-,22+,23-/m0/s1. The van der Waals surface area contributed by atoms with E-state index >= 15 is 0 Å². The molecule has 0 aromatic heterocycles. The average Bonchev–Trinajstić information content (AvgIpc) is 3.18. The van der Waals surface area contributed by atoms with Crippen LogP contribution in [0.4, 0.5) is 4.79 Å². The molecule has 0 unspecified atom stereocenters. The number of imide groups is 4. The fourth-order valence-electron chi connectivity index (χ4n) is 6.22. The highest BCUT2D eigenvalue weighted by Crippen LogP contribution is 2.65. The molecular weight excluding hydrogens is 581 g/mol. The number of allylic oxidation sites excluding steroid dienone is 2. The summed E-state index contributed by atoms with van der Waals surface area (Å²) in [4.78, 5) is 62.5. The van der Waals surface area contributed by atoms with Gasteiger partial charge < -0.3 is 15.6 Å². The van der Waals surface area contributed by atoms with Crippen LogP contribution >= 0.6 is 39.1 Å². The van der Waals surface area contributed by atoms with E-state index in [1.165, 1.54) is 25.3 Å². The Hall–Kier alpha value is -2.63. The van der Waals surface area contributed by atoms with Crippen LogP contribution in [0.25, 0.3) is 0 Å². The van der Waals surface area contributed by atoms with Gasteiger partial charge in [-0.15, -0.1) is 23.2 Å². The van der Waals surface area contributed by atoms with Crippen molar-refractivity contribution in [3.05, 3.63) is 35.4 Å². The van der Waals surface area contributed by atoms with E-state index in [2.05, 4.69) is 15.9 Å². The second-order valence-electron chi connectivity index (χ2n) is 9.27. The number of ether oxygens (including phenoxy) is 1. The molecule has 3 fully saturated rings. The first kappa shape index (κ1) is 25.0. The predicted molar refractivity (Wildman–Crippen MR) is 129 cm³/mol. The van der Waals surface area contributed by atoms with E-state index in [9.17, 15) is 29.1 Å². The molecule has 6 amide bonds. The molecule has 6 atom stereocenters. The third-order valence-corrected chi connectivity index (χ3v) is 9.69. The van der Waals surface area contributed by atoms with Crippen molar-refractivity contribution in [1.29, 1.82) is 0 Å². The number of amides is 6. The third-order valence-electron chi connectivity index (χ3n) is 7.77. The van der Waals surface area contributed by atoms with Crippen LogP contribution in [-0.2, 0) is 19.2 Å². The quantitative estimate of drug-likeness (QED) is 0.234. The van der Waals surface area contributed by atoms with Crippen molar-refractivity contribution in [1.82, 2.24) is 9.80 Å². The Labute approximate surface area is 223 Å². The molecule has 5 rings (SSSR count). The molecule has 4 aliphatic rings. The lowest BCUT2D eigenvalue weighted by Crippen LogP contribution is -2.60. The number of halogens is 3. The van der Waals surface area contributed by atoms with Crippen LogP contribution in [0.1, 0.15) is 24.3 Å². The van der Waals surface area contributed by atoms with Gasteiger partial charge in [-0.1, -0.05) is 33.6 Å². The summed E-state index contributed by atoms with van der Waals surface area (Å²) in [5, 5.41) is 10.1. The van der Waals surface area contributed by atoms with Crippen molar-refractivity contribution in [2.45, 2.75) is 28.5 Å². The summed E-state index contributed by atoms with van der Waals surface area (Å²) in [6, 6.07) is 3.21. The minimum atomic E-state index is -1.98. The Kier molecular flexibility index (Phi) is 5.70. The Morgan fingerprint density at radius 2 is 1.89 bits per heavy atom. The first-order valence-electron chi connectivity index (χ1n) is 11.0. The number of fused-ring (bicyclic) bond motifs is 4. The fraction of sp³-hybridized carbons (Fsp3) is 0.435. The zero-order valence-corrected chi connectivity index (χ0v) is 21.8. The van der Waals surface area contributed by atoms with Crippen LogP contribution in [0.5, 0.6) is 11.5 Å². The van der Waals surface area contributed by atoms with Gasteiger partial charge in [0.1, 0.15) is 0 Å². The number of nitrogens with zero attached hydrogens (tertiary/aromatic N) is 2. The van der Waals surface area contributed by atoms with Gasteiger partial charge in [-0.3, -0.25) is 24.1 Å². The Balaban J connectivity index is 1.74. The monoisotopic (exact) mass is 599 g/mol. The number of urea groups is 1. The number of rotatable bonds is 3. The molecule has 0 spiro atoms. The predicted octanol–water partition coefficient (Wildman–Crippen LogP) is 2.19. The largest absolute Gasteiger partial charge is 0.504 e. The maximum absolute atomic E-state index is 13.6. The molecule has 2 heterocycles. The van der Waals surface area contributed by atoms with E-state index in [-0.39, 0.29) is 29.8 Å². The minimum absolute atomic E-state index is 0.100. The summed E-state index contributed by atoms with van der Waals surface area (Å²) in [6.07, 6.45) is 1.61. The number of nitrogens with two attached hydrogens (primary N) is 1. The molecule has 3 N–H and O–H groups in total. The summed E-state index contributed by atoms with van der Waals surface area (Å²) >= 11 is 17.3. The molecule has 0 bridgehead atoms. The fourth-order valence-corrected chi connectivity index (χ4v) is 7.64. The molecule has 1 saturated carbocycles. The Bertz CT molecular complexity index is 1290. The number of hydrogen-bond acceptors (Lipinski definition) is 7. The van der Waals surface area contributed by atoms with E-state index in [0.29, 0.717) is 16.0 Å². The third kappa shape index (κ3) is 2.93. The number of primary amides is 1. The summed E-state index contributed by atoms with van der Waals surface area (Å²) in [5.41, 5.74) is 6.12. The highest BCUT2D eigenvalue weighted by Gasteiger charge is 2.76. The molecular formula is C23H20BrCl2N3O7. The number of benzene rings is 1. The van der Waals surface area contributed by atoms with Crippen LogP contribution in [0.2, 0.25) is 0 Å². The van der Waals surface area contributed by atoms with Gasteiger partial charge in [0, 0.05) is 5.92 Å². The topological polar surface area (TPSA) is 147 Å². The van der Waals surface area contributed by atoms with Gasteiger partial charge in [0.05, 0.1) is 24.4 Å². The van der Waals surface area contributed by atoms with E-state index in [1.54, 1.807) is 6.08 Å². The van der Waals surface area contributed by atoms with Gasteiger partial charge in [-0.25, -0.2) is 4.79 Å². The number of carbonyl (C=O) groups is 5. The average molecular weight is 601 g/mol. The van der Waals surface area contributed by atoms with Crippen molar-refractivity contribution >= 4 is 68.8 Å². The molecule has 13 heteroatoms. The number of likely N-dealkylation sites (tertiary alicyclic amines) is 2. The Morgan fingerprint density at radius 1 is 1.19 bits per heavy atom. The summed E-state index contributed by atoms with van der Waals surface area (Å²) < 4.78 is 5.24. The molecule has 2 saturated heterocycles. The van der Waals surface area contributed by atoms with Crippen LogP contribution in [-0.4, -0.2) is 66.9 Å². The van der Waals surface area contributed by atoms with Gasteiger partial charge in [-0.05, 0) is 36.5 Å². The van der Waals surface area contributed by atoms with Crippen molar-refractivity contribution in [2.24, 2.45) is 23.5 Å². The normalized spacial score (nSPS) is 35.4. The highest BCUT2D eigenvalue weighted by molar-refractivity contribution is 9.09. The maximum Gasteiger partial charge on any atom is 0.328 e. The number of alkyl halides is 3. The van der Waals surface area contributed by atoms with Crippen LogP contribution in [0, 0.1) is 17.8 Å². The van der Waals surface area contributed by atoms with Gasteiger partial charge in [0.25, 0.3) is 11.8 Å². The lowest BCUT2D eigenvalue weighted by atomic mass is 9.56. The summed E-state index contributed by atoms with van der Waals surface area (Å²) in [7, 11) is 1.35. The highest BCUT2D eigenvalue weighted by atomic mass is 79.9. The maximum atomic E-state index is 13.6. The lowest BCUT2D eigenvalue weighted by Gasteiger charge is -2.50. The van der Waals surface area contributed by atoms with Gasteiger partial charge >= 0.3 is 6.03 Å². The number of phenolic OH excluding ortho intramolecular Hbond substituents is 1. The molecule has 10 nitrogen and oxygen atoms in total. The van der Waals surface area contributed by atoms with E-state index in [0.717, 1.165) is 4.90 Å². The molecule has 190 valence electrons. The first-order chi connectivity index (χ1) is 16.9. The van der Waals surface area contributed by atoms with Crippen molar-refractivity contribution in [2.75, 3.05) is 12.6 Å². The number of carbonyl (C=O) groups excluding carboxylic acids is 5. The van der Waals surface area contributed by atoms with Gasteiger partial charge in [0.2, 0.25) is 11.8 Å². The van der Waals surface area contributed by atoms with Crippen LogP contribution < -0.4 is 10.5 Å². The summed E-state index contributed by atoms with van der Waals surface area (Å²) in [5.74, 6) is -6.66. The van der Waals surface area contributed by atoms with E-state index in [4.69, 9.17) is 33.7 Å². The molecule has 1 aromatic rings. The van der Waals surface area contributed by atoms with Crippen LogP contribution in [0.15, 0.2) is 29.8 Å². The Morgan fingerprint density at radius 3 is 2.50 bits per heavy atom. The number of hydrogen-bond donors (Lipinski definition) is 2. The van der Waals surface area contributed by atoms with E-state index in [1.807, 2.05) is 0 Å². The van der Waals surface area contributed by atoms with Gasteiger partial charge in [-0.2, -0.15) is 4.90 Å². The second kappa shape index (κ2) is 8.19. The second-order valence-corrected chi connectivity index (χ2v) is 11.0.